The minimum absolute atomic E-state index is 0.0228. The fourth-order valence-corrected chi connectivity index (χ4v) is 2.80. The van der Waals surface area contributed by atoms with Gasteiger partial charge in [-0.25, -0.2) is 4.85 Å². The van der Waals surface area contributed by atoms with Crippen molar-refractivity contribution in [3.63, 3.8) is 0 Å². The van der Waals surface area contributed by atoms with Gasteiger partial charge in [-0.3, -0.25) is 10.1 Å². The number of nitro benzene ring substituents is 1. The molecule has 21 heavy (non-hydrogen) atoms. The molecule has 0 saturated carbocycles. The molecule has 108 valence electrons. The lowest BCUT2D eigenvalue weighted by Gasteiger charge is -2.23. The molecule has 0 N–H and O–H groups in total. The zero-order valence-electron chi connectivity index (χ0n) is 11.9. The Balaban J connectivity index is 2.18. The molecule has 0 bridgehead atoms. The van der Waals surface area contributed by atoms with Gasteiger partial charge in [0.15, 0.2) is 6.20 Å². The summed E-state index contributed by atoms with van der Waals surface area (Å²) in [5, 5.41) is 11.0. The lowest BCUT2D eigenvalue weighted by atomic mass is 10.1. The monoisotopic (exact) mass is 286 g/mol. The predicted octanol–water partition coefficient (Wildman–Crippen LogP) is 2.70. The normalized spacial score (nSPS) is 23.9. The second-order valence-electron chi connectivity index (χ2n) is 5.51. The number of nitrogens with zero attached hydrogens (tertiary/aromatic N) is 4. The van der Waals surface area contributed by atoms with Gasteiger partial charge < -0.3 is 14.5 Å². The third-order valence-electron chi connectivity index (χ3n) is 3.82. The predicted molar refractivity (Wildman–Crippen MR) is 77.6 cm³/mol. The van der Waals surface area contributed by atoms with Gasteiger partial charge in [0, 0.05) is 19.2 Å². The van der Waals surface area contributed by atoms with Crippen molar-refractivity contribution in [1.82, 2.24) is 0 Å². The summed E-state index contributed by atoms with van der Waals surface area (Å²) in [6.45, 7) is 10.8. The van der Waals surface area contributed by atoms with E-state index >= 15 is 0 Å². The maximum atomic E-state index is 11.0. The minimum Gasteiger partial charge on any atom is -0.330 e. The Bertz CT molecular complexity index is 705. The number of non-ortho nitro benzene ring substituents is 1. The van der Waals surface area contributed by atoms with Gasteiger partial charge in [-0.15, -0.1) is 0 Å². The third kappa shape index (κ3) is 1.76. The Kier molecular flexibility index (Phi) is 2.68. The Morgan fingerprint density at radius 2 is 2.19 bits per heavy atom. The highest BCUT2D eigenvalue weighted by atomic mass is 16.6. The first-order valence-electron chi connectivity index (χ1n) is 6.42. The van der Waals surface area contributed by atoms with E-state index in [1.54, 1.807) is 6.07 Å². The summed E-state index contributed by atoms with van der Waals surface area (Å²) in [5.41, 5.74) is 1.64. The van der Waals surface area contributed by atoms with Crippen LogP contribution in [0.1, 0.15) is 13.8 Å². The molecule has 0 aromatic heterocycles. The molecule has 0 spiro atoms. The van der Waals surface area contributed by atoms with Gasteiger partial charge in [-0.1, -0.05) is 0 Å². The second-order valence-corrected chi connectivity index (χ2v) is 5.51. The number of benzene rings is 1. The summed E-state index contributed by atoms with van der Waals surface area (Å²) in [6.07, 6.45) is 1.03. The van der Waals surface area contributed by atoms with E-state index in [0.29, 0.717) is 11.4 Å². The van der Waals surface area contributed by atoms with Crippen LogP contribution >= 0.6 is 0 Å². The van der Waals surface area contributed by atoms with Gasteiger partial charge >= 0.3 is 0 Å². The SMILES string of the molecule is [C-]#[N+]/C=C1\N2c3cc([N+](=O)[O-])ccc3N(C)C2OC1(C)C. The molecule has 0 aliphatic carbocycles. The van der Waals surface area contributed by atoms with Crippen molar-refractivity contribution in [3.05, 3.63) is 51.6 Å². The van der Waals surface area contributed by atoms with Crippen LogP contribution in [0.4, 0.5) is 17.1 Å². The smallest absolute Gasteiger partial charge is 0.271 e. The van der Waals surface area contributed by atoms with E-state index in [9.17, 15) is 10.1 Å². The fourth-order valence-electron chi connectivity index (χ4n) is 2.80. The van der Waals surface area contributed by atoms with Gasteiger partial charge in [-0.2, -0.15) is 0 Å². The van der Waals surface area contributed by atoms with E-state index in [2.05, 4.69) is 4.85 Å². The largest absolute Gasteiger partial charge is 0.330 e. The standard InChI is InChI=1S/C14H14N4O3/c1-14(2)12(8-15-3)17-11-7-9(18(19)20)5-6-10(11)16(4)13(17)21-14/h5-8,13H,1-2,4H3/b12-8-. The minimum atomic E-state index is -0.619. The molecule has 7 heteroatoms. The van der Waals surface area contributed by atoms with Crippen molar-refractivity contribution >= 4 is 17.1 Å². The van der Waals surface area contributed by atoms with Crippen LogP contribution in [-0.4, -0.2) is 23.9 Å². The van der Waals surface area contributed by atoms with Crippen LogP contribution in [0.15, 0.2) is 30.1 Å². The quantitative estimate of drug-likeness (QED) is 0.451. The summed E-state index contributed by atoms with van der Waals surface area (Å²) >= 11 is 0. The second kappa shape index (κ2) is 4.20. The van der Waals surface area contributed by atoms with Crippen molar-refractivity contribution in [1.29, 1.82) is 0 Å². The van der Waals surface area contributed by atoms with Crippen LogP contribution in [0.3, 0.4) is 0 Å². The molecule has 7 nitrogen and oxygen atoms in total. The molecule has 1 saturated heterocycles. The van der Waals surface area contributed by atoms with E-state index in [0.717, 1.165) is 5.69 Å². The summed E-state index contributed by atoms with van der Waals surface area (Å²) in [5.74, 6) is 0. The highest BCUT2D eigenvalue weighted by molar-refractivity contribution is 5.82. The maximum Gasteiger partial charge on any atom is 0.271 e. The van der Waals surface area contributed by atoms with Crippen molar-refractivity contribution in [2.75, 3.05) is 16.8 Å². The molecule has 2 aliphatic rings. The number of anilines is 2. The van der Waals surface area contributed by atoms with Crippen molar-refractivity contribution in [3.8, 4) is 0 Å². The van der Waals surface area contributed by atoms with Gasteiger partial charge in [0.1, 0.15) is 0 Å². The average Bonchev–Trinajstić information content (AvgIpc) is 2.83. The molecule has 1 aromatic carbocycles. The molecule has 0 amide bonds. The number of hydrogen-bond donors (Lipinski definition) is 0. The first kappa shape index (κ1) is 13.4. The Hall–Kier alpha value is -2.59. The lowest BCUT2D eigenvalue weighted by molar-refractivity contribution is -0.384. The number of fused-ring (bicyclic) bond motifs is 3. The zero-order chi connectivity index (χ0) is 15.4. The molecule has 1 atom stereocenters. The van der Waals surface area contributed by atoms with Crippen LogP contribution < -0.4 is 9.80 Å². The van der Waals surface area contributed by atoms with E-state index in [-0.39, 0.29) is 12.0 Å². The number of hydrogen-bond acceptors (Lipinski definition) is 5. The Labute approximate surface area is 122 Å². The molecule has 2 aliphatic heterocycles. The molecule has 1 aromatic rings. The molecular formula is C14H14N4O3. The fraction of sp³-hybridized carbons (Fsp3) is 0.357. The molecular weight excluding hydrogens is 272 g/mol. The molecule has 1 fully saturated rings. The topological polar surface area (TPSA) is 63.2 Å². The third-order valence-corrected chi connectivity index (χ3v) is 3.82. The van der Waals surface area contributed by atoms with Crippen LogP contribution in [0.2, 0.25) is 0 Å². The molecule has 1 unspecified atom stereocenters. The molecule has 0 radical (unpaired) electrons. The van der Waals surface area contributed by atoms with E-state index in [4.69, 9.17) is 11.3 Å². The van der Waals surface area contributed by atoms with Crippen LogP contribution in [0.25, 0.3) is 4.85 Å². The summed E-state index contributed by atoms with van der Waals surface area (Å²) in [4.78, 5) is 17.7. The maximum absolute atomic E-state index is 11.0. The Morgan fingerprint density at radius 3 is 2.81 bits per heavy atom. The van der Waals surface area contributed by atoms with Crippen LogP contribution in [0.5, 0.6) is 0 Å². The van der Waals surface area contributed by atoms with Gasteiger partial charge in [0.25, 0.3) is 5.69 Å². The average molecular weight is 286 g/mol. The highest BCUT2D eigenvalue weighted by Gasteiger charge is 2.50. The lowest BCUT2D eigenvalue weighted by Crippen LogP contribution is -2.36. The van der Waals surface area contributed by atoms with Gasteiger partial charge in [-0.05, 0) is 19.9 Å². The van der Waals surface area contributed by atoms with Crippen LogP contribution in [0, 0.1) is 16.7 Å². The first-order valence-corrected chi connectivity index (χ1v) is 6.42. The summed E-state index contributed by atoms with van der Waals surface area (Å²) in [7, 11) is 1.87. The Morgan fingerprint density at radius 1 is 1.48 bits per heavy atom. The summed E-state index contributed by atoms with van der Waals surface area (Å²) in [6, 6.07) is 4.70. The van der Waals surface area contributed by atoms with E-state index < -0.39 is 10.5 Å². The highest BCUT2D eigenvalue weighted by Crippen LogP contribution is 2.50. The molecule has 3 rings (SSSR count). The molecule has 2 heterocycles. The van der Waals surface area contributed by atoms with Crippen molar-refractivity contribution in [2.45, 2.75) is 25.8 Å². The van der Waals surface area contributed by atoms with E-state index in [1.165, 1.54) is 18.3 Å². The van der Waals surface area contributed by atoms with Crippen molar-refractivity contribution < 1.29 is 9.66 Å². The zero-order valence-corrected chi connectivity index (χ0v) is 11.9. The van der Waals surface area contributed by atoms with Crippen LogP contribution in [-0.2, 0) is 4.74 Å². The number of ether oxygens (including phenoxy) is 1. The van der Waals surface area contributed by atoms with E-state index in [1.807, 2.05) is 30.7 Å². The summed E-state index contributed by atoms with van der Waals surface area (Å²) < 4.78 is 6.00. The number of nitro groups is 1. The van der Waals surface area contributed by atoms with Gasteiger partial charge in [0.05, 0.1) is 34.2 Å². The van der Waals surface area contributed by atoms with Gasteiger partial charge in [0.2, 0.25) is 6.35 Å². The first-order chi connectivity index (χ1) is 9.86. The van der Waals surface area contributed by atoms with Crippen molar-refractivity contribution in [2.24, 2.45) is 0 Å². The number of rotatable bonds is 1.